The number of nitrogens with zero attached hydrogens (tertiary/aromatic N) is 2. The maximum absolute atomic E-state index is 10.5. The minimum Gasteiger partial charge on any atom is -0.478 e. The third kappa shape index (κ3) is 1.53. The summed E-state index contributed by atoms with van der Waals surface area (Å²) in [6, 6.07) is 1.10. The molecule has 0 unspecified atom stereocenters. The number of carboxylic acid groups (broad SMARTS) is 1. The van der Waals surface area contributed by atoms with Gasteiger partial charge in [0, 0.05) is 0 Å². The summed E-state index contributed by atoms with van der Waals surface area (Å²) in [6.45, 7) is 0. The lowest BCUT2D eigenvalue weighted by Gasteiger charge is -1.99. The molecule has 13 heavy (non-hydrogen) atoms. The lowest BCUT2D eigenvalue weighted by molar-refractivity contribution is -0.388. The molecule has 0 saturated carbocycles. The third-order valence-electron chi connectivity index (χ3n) is 1.37. The molecule has 0 radical (unpaired) electrons. The van der Waals surface area contributed by atoms with E-state index in [1.165, 1.54) is 0 Å². The van der Waals surface area contributed by atoms with Crippen molar-refractivity contribution in [2.24, 2.45) is 0 Å². The van der Waals surface area contributed by atoms with Crippen molar-refractivity contribution >= 4 is 17.5 Å². The highest BCUT2D eigenvalue weighted by Crippen LogP contribution is 2.21. The van der Waals surface area contributed by atoms with Gasteiger partial charge in [0.2, 0.25) is 0 Å². The van der Waals surface area contributed by atoms with Crippen molar-refractivity contribution in [2.75, 3.05) is 5.73 Å². The fraction of sp³-hybridized carbons (Fsp3) is 0. The quantitative estimate of drug-likeness (QED) is 0.501. The smallest absolute Gasteiger partial charge is 0.387 e. The van der Waals surface area contributed by atoms with E-state index in [1.54, 1.807) is 0 Å². The Morgan fingerprint density at radius 1 is 1.69 bits per heavy atom. The largest absolute Gasteiger partial charge is 0.478 e. The van der Waals surface area contributed by atoms with Crippen LogP contribution in [0.3, 0.4) is 0 Å². The monoisotopic (exact) mass is 183 g/mol. The summed E-state index contributed by atoms with van der Waals surface area (Å²) in [7, 11) is 0. The maximum atomic E-state index is 10.5. The molecule has 7 nitrogen and oxygen atoms in total. The summed E-state index contributed by atoms with van der Waals surface area (Å²) in [5, 5.41) is 18.8. The molecule has 0 aliphatic rings. The molecule has 1 aromatic heterocycles. The number of pyridine rings is 1. The normalized spacial score (nSPS) is 9.54. The Balaban J connectivity index is 3.35. The molecule has 0 spiro atoms. The molecule has 1 rings (SSSR count). The van der Waals surface area contributed by atoms with Crippen molar-refractivity contribution in [1.29, 1.82) is 0 Å². The molecule has 3 N–H and O–H groups in total. The first-order valence-electron chi connectivity index (χ1n) is 3.16. The number of aromatic carboxylic acids is 1. The van der Waals surface area contributed by atoms with Crippen LogP contribution in [0, 0.1) is 10.1 Å². The Hall–Kier alpha value is -2.18. The number of nitrogen functional groups attached to an aromatic ring is 1. The number of hydrogen-bond acceptors (Lipinski definition) is 5. The number of carboxylic acids is 1. The minimum atomic E-state index is -1.32. The van der Waals surface area contributed by atoms with Crippen LogP contribution >= 0.6 is 0 Å². The summed E-state index contributed by atoms with van der Waals surface area (Å²) < 4.78 is 0. The number of rotatable bonds is 2. The van der Waals surface area contributed by atoms with Crippen molar-refractivity contribution in [3.63, 3.8) is 0 Å². The zero-order chi connectivity index (χ0) is 10.0. The van der Waals surface area contributed by atoms with Gasteiger partial charge in [-0.3, -0.25) is 0 Å². The predicted molar refractivity (Wildman–Crippen MR) is 42.3 cm³/mol. The van der Waals surface area contributed by atoms with Crippen molar-refractivity contribution in [1.82, 2.24) is 4.98 Å². The van der Waals surface area contributed by atoms with E-state index in [-0.39, 0.29) is 5.56 Å². The Morgan fingerprint density at radius 2 is 2.31 bits per heavy atom. The van der Waals surface area contributed by atoms with Gasteiger partial charge in [0.1, 0.15) is 11.9 Å². The third-order valence-corrected chi connectivity index (χ3v) is 1.37. The van der Waals surface area contributed by atoms with E-state index in [0.717, 1.165) is 12.3 Å². The molecule has 7 heteroatoms. The zero-order valence-corrected chi connectivity index (χ0v) is 6.30. The average Bonchev–Trinajstić information content (AvgIpc) is 2.03. The lowest BCUT2D eigenvalue weighted by atomic mass is 10.2. The second kappa shape index (κ2) is 3.05. The van der Waals surface area contributed by atoms with Crippen LogP contribution < -0.4 is 5.73 Å². The molecule has 68 valence electrons. The molecule has 1 aromatic rings. The van der Waals surface area contributed by atoms with Crippen LogP contribution in [0.15, 0.2) is 12.3 Å². The van der Waals surface area contributed by atoms with E-state index in [4.69, 9.17) is 10.8 Å². The van der Waals surface area contributed by atoms with Crippen LogP contribution in [0.1, 0.15) is 10.4 Å². The first-order chi connectivity index (χ1) is 6.04. The van der Waals surface area contributed by atoms with Gasteiger partial charge >= 0.3 is 11.8 Å². The van der Waals surface area contributed by atoms with Gasteiger partial charge < -0.3 is 21.0 Å². The van der Waals surface area contributed by atoms with E-state index < -0.39 is 22.4 Å². The molecule has 0 fully saturated rings. The summed E-state index contributed by atoms with van der Waals surface area (Å²) in [4.78, 5) is 23.2. The fourth-order valence-corrected chi connectivity index (χ4v) is 0.794. The number of anilines is 1. The second-order valence-corrected chi connectivity index (χ2v) is 2.16. The molecule has 0 aliphatic heterocycles. The van der Waals surface area contributed by atoms with E-state index in [2.05, 4.69) is 4.98 Å². The van der Waals surface area contributed by atoms with Crippen molar-refractivity contribution < 1.29 is 14.8 Å². The Kier molecular flexibility index (Phi) is 2.09. The summed E-state index contributed by atoms with van der Waals surface area (Å²) in [5.41, 5.74) is 4.45. The highest BCUT2D eigenvalue weighted by Gasteiger charge is 2.19. The highest BCUT2D eigenvalue weighted by atomic mass is 16.6. The van der Waals surface area contributed by atoms with Gasteiger partial charge in [0.25, 0.3) is 0 Å². The first-order valence-corrected chi connectivity index (χ1v) is 3.16. The van der Waals surface area contributed by atoms with Crippen LogP contribution in [0.2, 0.25) is 0 Å². The molecule has 0 aromatic carbocycles. The number of carbonyl (C=O) groups is 1. The number of aromatic nitrogens is 1. The van der Waals surface area contributed by atoms with E-state index in [0.29, 0.717) is 0 Å². The second-order valence-electron chi connectivity index (χ2n) is 2.16. The van der Waals surface area contributed by atoms with Crippen LogP contribution in [-0.4, -0.2) is 21.0 Å². The van der Waals surface area contributed by atoms with Gasteiger partial charge in [-0.25, -0.2) is 4.79 Å². The predicted octanol–water partition coefficient (Wildman–Crippen LogP) is 0.270. The van der Waals surface area contributed by atoms with Gasteiger partial charge in [-0.05, 0) is 16.0 Å². The van der Waals surface area contributed by atoms with Gasteiger partial charge in [-0.2, -0.15) is 0 Å². The highest BCUT2D eigenvalue weighted by molar-refractivity contribution is 5.95. The van der Waals surface area contributed by atoms with Gasteiger partial charge in [-0.15, -0.1) is 0 Å². The topological polar surface area (TPSA) is 119 Å². The molecular formula is C6H5N3O4. The maximum Gasteiger partial charge on any atom is 0.387 e. The van der Waals surface area contributed by atoms with Gasteiger partial charge in [0.15, 0.2) is 0 Å². The molecule has 1 heterocycles. The number of hydrogen-bond donors (Lipinski definition) is 2. The van der Waals surface area contributed by atoms with Crippen molar-refractivity contribution in [2.45, 2.75) is 0 Å². The Bertz CT molecular complexity index is 344. The lowest BCUT2D eigenvalue weighted by Crippen LogP contribution is -2.06. The molecular weight excluding hydrogens is 178 g/mol. The summed E-state index contributed by atoms with van der Waals surface area (Å²) in [5.74, 6) is -1.96. The molecule has 0 aliphatic carbocycles. The molecule has 0 saturated heterocycles. The van der Waals surface area contributed by atoms with Crippen molar-refractivity contribution in [3.05, 3.63) is 27.9 Å². The minimum absolute atomic E-state index is 0.318. The summed E-state index contributed by atoms with van der Waals surface area (Å²) >= 11 is 0. The molecule has 0 atom stereocenters. The Morgan fingerprint density at radius 3 is 2.77 bits per heavy atom. The van der Waals surface area contributed by atoms with E-state index >= 15 is 0 Å². The molecule has 0 amide bonds. The number of nitrogens with two attached hydrogens (primary N) is 1. The van der Waals surface area contributed by atoms with Crippen LogP contribution in [-0.2, 0) is 0 Å². The fourth-order valence-electron chi connectivity index (χ4n) is 0.794. The molecule has 0 bridgehead atoms. The standard InChI is InChI=1S/C6H5N3O4/c7-4-3(6(10)11)1-2-8-5(4)9(12)13/h1-2H,7H2,(H,10,11). The van der Waals surface area contributed by atoms with E-state index in [1.807, 2.05) is 0 Å². The van der Waals surface area contributed by atoms with E-state index in [9.17, 15) is 14.9 Å². The van der Waals surface area contributed by atoms with Crippen LogP contribution in [0.4, 0.5) is 11.5 Å². The summed E-state index contributed by atoms with van der Waals surface area (Å²) in [6.07, 6.45) is 1.03. The van der Waals surface area contributed by atoms with Crippen molar-refractivity contribution in [3.8, 4) is 0 Å². The first kappa shape index (κ1) is 8.91. The zero-order valence-electron chi connectivity index (χ0n) is 6.30. The van der Waals surface area contributed by atoms with Crippen LogP contribution in [0.25, 0.3) is 0 Å². The Labute approximate surface area is 72.0 Å². The van der Waals surface area contributed by atoms with Gasteiger partial charge in [-0.1, -0.05) is 0 Å². The number of nitro groups is 1. The average molecular weight is 183 g/mol. The SMILES string of the molecule is Nc1c(C(=O)O)ccnc1[N+](=O)[O-]. The van der Waals surface area contributed by atoms with Crippen LogP contribution in [0.5, 0.6) is 0 Å². The van der Waals surface area contributed by atoms with Gasteiger partial charge in [0.05, 0.1) is 5.56 Å².